The summed E-state index contributed by atoms with van der Waals surface area (Å²) < 4.78 is 33.1. The number of hydrogen-bond acceptors (Lipinski definition) is 5. The molecule has 0 radical (unpaired) electrons. The molecule has 7 heteroatoms. The molecule has 2 aromatic heterocycles. The zero-order valence-corrected chi connectivity index (χ0v) is 15.7. The molecular weight excluding hydrogens is 376 g/mol. The number of aryl methyl sites for hydroxylation is 1. The van der Waals surface area contributed by atoms with E-state index < -0.39 is 15.6 Å². The number of sulfonamides is 1. The Balaban J connectivity index is 1.74. The summed E-state index contributed by atoms with van der Waals surface area (Å²) in [4.78, 5) is 16.6. The van der Waals surface area contributed by atoms with Crippen LogP contribution in [0.2, 0.25) is 0 Å². The SMILES string of the molecule is Cc1ccc(S(=O)(=O)Nc2ccc3oc(=O)c(-c4ccccn4)cc3c2)cc1. The minimum atomic E-state index is -3.72. The zero-order chi connectivity index (χ0) is 19.7. The van der Waals surface area contributed by atoms with Gasteiger partial charge in [0.25, 0.3) is 10.0 Å². The molecule has 0 bridgehead atoms. The minimum Gasteiger partial charge on any atom is -0.422 e. The number of nitrogens with zero attached hydrogens (tertiary/aromatic N) is 1. The summed E-state index contributed by atoms with van der Waals surface area (Å²) in [5.74, 6) is 0. The van der Waals surface area contributed by atoms with Gasteiger partial charge in [0.15, 0.2) is 0 Å². The summed E-state index contributed by atoms with van der Waals surface area (Å²) in [6.45, 7) is 1.89. The molecule has 0 fully saturated rings. The summed E-state index contributed by atoms with van der Waals surface area (Å²) in [6, 6.07) is 18.2. The Hall–Kier alpha value is -3.45. The molecule has 0 aliphatic heterocycles. The number of anilines is 1. The molecule has 0 spiro atoms. The molecule has 0 aliphatic rings. The van der Waals surface area contributed by atoms with E-state index in [0.29, 0.717) is 27.9 Å². The lowest BCUT2D eigenvalue weighted by Crippen LogP contribution is -2.13. The largest absolute Gasteiger partial charge is 0.422 e. The quantitative estimate of drug-likeness (QED) is 0.531. The van der Waals surface area contributed by atoms with Gasteiger partial charge in [-0.1, -0.05) is 23.8 Å². The second kappa shape index (κ2) is 6.94. The monoisotopic (exact) mass is 392 g/mol. The van der Waals surface area contributed by atoms with E-state index in [4.69, 9.17) is 4.42 Å². The fraction of sp³-hybridized carbons (Fsp3) is 0.0476. The van der Waals surface area contributed by atoms with Crippen LogP contribution in [0.4, 0.5) is 5.69 Å². The van der Waals surface area contributed by atoms with Crippen molar-refractivity contribution in [3.8, 4) is 11.3 Å². The first-order valence-corrected chi connectivity index (χ1v) is 9.99. The molecule has 0 saturated carbocycles. The Kier molecular flexibility index (Phi) is 4.44. The maximum atomic E-state index is 12.6. The fourth-order valence-corrected chi connectivity index (χ4v) is 3.87. The smallest absolute Gasteiger partial charge is 0.345 e. The van der Waals surface area contributed by atoms with Crippen LogP contribution in [0.15, 0.2) is 87.0 Å². The fourth-order valence-electron chi connectivity index (χ4n) is 2.82. The predicted molar refractivity (Wildman–Crippen MR) is 108 cm³/mol. The standard InChI is InChI=1S/C21H16N2O4S/c1-14-5-8-17(9-6-14)28(25,26)23-16-7-10-20-15(12-16)13-18(21(24)27-20)19-4-2-3-11-22-19/h2-13,23H,1H3. The molecule has 140 valence electrons. The van der Waals surface area contributed by atoms with E-state index in [1.807, 2.05) is 6.92 Å². The van der Waals surface area contributed by atoms with Crippen molar-refractivity contribution in [2.75, 3.05) is 4.72 Å². The molecule has 6 nitrogen and oxygen atoms in total. The molecule has 1 N–H and O–H groups in total. The molecule has 4 rings (SSSR count). The van der Waals surface area contributed by atoms with Gasteiger partial charge in [-0.3, -0.25) is 9.71 Å². The van der Waals surface area contributed by atoms with Gasteiger partial charge < -0.3 is 4.42 Å². The van der Waals surface area contributed by atoms with Gasteiger partial charge in [0.1, 0.15) is 5.58 Å². The van der Waals surface area contributed by atoms with Crippen molar-refractivity contribution in [3.05, 3.63) is 88.9 Å². The lowest BCUT2D eigenvalue weighted by atomic mass is 10.1. The molecule has 2 aromatic carbocycles. The highest BCUT2D eigenvalue weighted by Gasteiger charge is 2.15. The van der Waals surface area contributed by atoms with Crippen LogP contribution >= 0.6 is 0 Å². The molecule has 28 heavy (non-hydrogen) atoms. The van der Waals surface area contributed by atoms with E-state index >= 15 is 0 Å². The van der Waals surface area contributed by atoms with Crippen molar-refractivity contribution in [2.24, 2.45) is 0 Å². The Bertz CT molecular complexity index is 1310. The third-order valence-electron chi connectivity index (χ3n) is 4.26. The number of fused-ring (bicyclic) bond motifs is 1. The van der Waals surface area contributed by atoms with Crippen LogP contribution in [-0.2, 0) is 10.0 Å². The van der Waals surface area contributed by atoms with Crippen LogP contribution < -0.4 is 10.3 Å². The van der Waals surface area contributed by atoms with E-state index in [1.54, 1.807) is 72.9 Å². The van der Waals surface area contributed by atoms with Crippen molar-refractivity contribution < 1.29 is 12.8 Å². The average Bonchev–Trinajstić information content (AvgIpc) is 2.68. The van der Waals surface area contributed by atoms with Gasteiger partial charge in [-0.25, -0.2) is 13.2 Å². The summed E-state index contributed by atoms with van der Waals surface area (Å²) in [7, 11) is -3.72. The third kappa shape index (κ3) is 3.52. The normalized spacial score (nSPS) is 11.5. The van der Waals surface area contributed by atoms with Gasteiger partial charge in [-0.15, -0.1) is 0 Å². The summed E-state index contributed by atoms with van der Waals surface area (Å²) >= 11 is 0. The van der Waals surface area contributed by atoms with E-state index in [9.17, 15) is 13.2 Å². The number of hydrogen-bond donors (Lipinski definition) is 1. The second-order valence-electron chi connectivity index (χ2n) is 6.33. The van der Waals surface area contributed by atoms with Gasteiger partial charge >= 0.3 is 5.63 Å². The van der Waals surface area contributed by atoms with Crippen LogP contribution in [0.3, 0.4) is 0 Å². The molecule has 0 aliphatic carbocycles. The third-order valence-corrected chi connectivity index (χ3v) is 5.65. The first-order chi connectivity index (χ1) is 13.4. The van der Waals surface area contributed by atoms with Crippen LogP contribution in [0.1, 0.15) is 5.56 Å². The molecule has 4 aromatic rings. The Morgan fingerprint density at radius 3 is 2.46 bits per heavy atom. The van der Waals surface area contributed by atoms with Crippen molar-refractivity contribution in [1.82, 2.24) is 4.98 Å². The van der Waals surface area contributed by atoms with Crippen LogP contribution in [0, 0.1) is 6.92 Å². The number of rotatable bonds is 4. The maximum absolute atomic E-state index is 12.6. The zero-order valence-electron chi connectivity index (χ0n) is 14.9. The second-order valence-corrected chi connectivity index (χ2v) is 8.02. The number of aromatic nitrogens is 1. The van der Waals surface area contributed by atoms with E-state index in [2.05, 4.69) is 9.71 Å². The topological polar surface area (TPSA) is 89.3 Å². The lowest BCUT2D eigenvalue weighted by Gasteiger charge is -2.09. The number of pyridine rings is 1. The highest BCUT2D eigenvalue weighted by molar-refractivity contribution is 7.92. The van der Waals surface area contributed by atoms with E-state index in [0.717, 1.165) is 5.56 Å². The van der Waals surface area contributed by atoms with Gasteiger partial charge in [-0.2, -0.15) is 0 Å². The van der Waals surface area contributed by atoms with Crippen molar-refractivity contribution in [2.45, 2.75) is 11.8 Å². The highest BCUT2D eigenvalue weighted by Crippen LogP contribution is 2.24. The Morgan fingerprint density at radius 1 is 0.964 bits per heavy atom. The number of benzene rings is 2. The number of nitrogens with one attached hydrogen (secondary N) is 1. The van der Waals surface area contributed by atoms with Gasteiger partial charge in [0, 0.05) is 17.3 Å². The molecule has 2 heterocycles. The Morgan fingerprint density at radius 2 is 1.75 bits per heavy atom. The summed E-state index contributed by atoms with van der Waals surface area (Å²) in [5, 5.41) is 0.587. The maximum Gasteiger partial charge on any atom is 0.345 e. The first kappa shape index (κ1) is 17.9. The van der Waals surface area contributed by atoms with Gasteiger partial charge in [0.2, 0.25) is 0 Å². The minimum absolute atomic E-state index is 0.173. The van der Waals surface area contributed by atoms with E-state index in [-0.39, 0.29) is 4.90 Å². The van der Waals surface area contributed by atoms with E-state index in [1.165, 1.54) is 0 Å². The summed E-state index contributed by atoms with van der Waals surface area (Å²) in [6.07, 6.45) is 1.59. The van der Waals surface area contributed by atoms with Crippen LogP contribution in [0.5, 0.6) is 0 Å². The lowest BCUT2D eigenvalue weighted by molar-refractivity contribution is 0.563. The van der Waals surface area contributed by atoms with Crippen molar-refractivity contribution >= 4 is 26.7 Å². The first-order valence-electron chi connectivity index (χ1n) is 8.51. The average molecular weight is 392 g/mol. The highest BCUT2D eigenvalue weighted by atomic mass is 32.2. The molecular formula is C21H16N2O4S. The molecule has 0 unspecified atom stereocenters. The summed E-state index contributed by atoms with van der Waals surface area (Å²) in [5.41, 5.74) is 2.01. The Labute approximate surface area is 161 Å². The van der Waals surface area contributed by atoms with Crippen LogP contribution in [0.25, 0.3) is 22.2 Å². The predicted octanol–water partition coefficient (Wildman–Crippen LogP) is 3.96. The van der Waals surface area contributed by atoms with Crippen LogP contribution in [-0.4, -0.2) is 13.4 Å². The van der Waals surface area contributed by atoms with Gasteiger partial charge in [-0.05, 0) is 55.5 Å². The molecule has 0 saturated heterocycles. The van der Waals surface area contributed by atoms with Crippen molar-refractivity contribution in [1.29, 1.82) is 0 Å². The molecule has 0 amide bonds. The molecule has 0 atom stereocenters. The van der Waals surface area contributed by atoms with Gasteiger partial charge in [0.05, 0.1) is 16.2 Å². The van der Waals surface area contributed by atoms with Crippen molar-refractivity contribution in [3.63, 3.8) is 0 Å².